The van der Waals surface area contributed by atoms with Gasteiger partial charge in [-0.2, -0.15) is 5.26 Å². The molecule has 0 radical (unpaired) electrons. The van der Waals surface area contributed by atoms with Crippen LogP contribution in [0.15, 0.2) is 53.4 Å². The molecule has 2 aromatic carbocycles. The highest BCUT2D eigenvalue weighted by molar-refractivity contribution is 7.98. The lowest BCUT2D eigenvalue weighted by atomic mass is 10.1. The molecule has 0 saturated carbocycles. The van der Waals surface area contributed by atoms with E-state index in [-0.39, 0.29) is 6.04 Å². The number of benzene rings is 2. The topological polar surface area (TPSA) is 35.8 Å². The standard InChI is InChI=1S/C16H16N2S/c1-12-3-7-14(8-4-12)18-16(11-17)13-5-9-15(19-2)10-6-13/h3-10,16,18H,1-2H3. The van der Waals surface area contributed by atoms with E-state index in [0.717, 1.165) is 11.3 Å². The number of nitrogens with zero attached hydrogens (tertiary/aromatic N) is 1. The number of nitriles is 1. The predicted octanol–water partition coefficient (Wildman–Crippen LogP) is 4.39. The van der Waals surface area contributed by atoms with Gasteiger partial charge in [-0.25, -0.2) is 0 Å². The minimum atomic E-state index is -0.321. The molecule has 2 nitrogen and oxygen atoms in total. The van der Waals surface area contributed by atoms with Gasteiger partial charge in [-0.3, -0.25) is 0 Å². The maximum absolute atomic E-state index is 9.30. The summed E-state index contributed by atoms with van der Waals surface area (Å²) in [7, 11) is 0. The first kappa shape index (κ1) is 13.5. The first-order valence-electron chi connectivity index (χ1n) is 6.09. The second kappa shape index (κ2) is 6.31. The highest BCUT2D eigenvalue weighted by Gasteiger charge is 2.09. The number of aryl methyl sites for hydroxylation is 1. The van der Waals surface area contributed by atoms with Crippen molar-refractivity contribution in [1.82, 2.24) is 0 Å². The van der Waals surface area contributed by atoms with E-state index in [1.165, 1.54) is 10.5 Å². The van der Waals surface area contributed by atoms with Gasteiger partial charge in [0, 0.05) is 10.6 Å². The molecule has 3 heteroatoms. The monoisotopic (exact) mass is 268 g/mol. The molecule has 0 amide bonds. The second-order valence-corrected chi connectivity index (χ2v) is 5.23. The molecular formula is C16H16N2S. The third kappa shape index (κ3) is 3.52. The van der Waals surface area contributed by atoms with Crippen LogP contribution in [0.2, 0.25) is 0 Å². The van der Waals surface area contributed by atoms with Gasteiger partial charge in [-0.1, -0.05) is 29.8 Å². The molecule has 1 N–H and O–H groups in total. The van der Waals surface area contributed by atoms with Gasteiger partial charge in [-0.15, -0.1) is 11.8 Å². The van der Waals surface area contributed by atoms with E-state index in [1.807, 2.05) is 61.7 Å². The lowest BCUT2D eigenvalue weighted by Gasteiger charge is -2.13. The molecule has 0 fully saturated rings. The number of hydrogen-bond donors (Lipinski definition) is 1. The van der Waals surface area contributed by atoms with Crippen molar-refractivity contribution in [3.8, 4) is 6.07 Å². The Kier molecular flexibility index (Phi) is 4.48. The SMILES string of the molecule is CSc1ccc(C(C#N)Nc2ccc(C)cc2)cc1. The van der Waals surface area contributed by atoms with Crippen LogP contribution >= 0.6 is 11.8 Å². The van der Waals surface area contributed by atoms with Crippen molar-refractivity contribution in [2.24, 2.45) is 0 Å². The van der Waals surface area contributed by atoms with Gasteiger partial charge >= 0.3 is 0 Å². The third-order valence-corrected chi connectivity index (χ3v) is 3.68. The molecule has 19 heavy (non-hydrogen) atoms. The summed E-state index contributed by atoms with van der Waals surface area (Å²) >= 11 is 1.70. The summed E-state index contributed by atoms with van der Waals surface area (Å²) in [6, 6.07) is 18.1. The molecule has 0 aliphatic heterocycles. The van der Waals surface area contributed by atoms with Crippen molar-refractivity contribution in [2.75, 3.05) is 11.6 Å². The average Bonchev–Trinajstić information content (AvgIpc) is 2.47. The zero-order valence-corrected chi connectivity index (χ0v) is 11.9. The molecule has 2 rings (SSSR count). The summed E-state index contributed by atoms with van der Waals surface area (Å²) in [5, 5.41) is 12.5. The van der Waals surface area contributed by atoms with Gasteiger partial charge in [0.2, 0.25) is 0 Å². The number of thioether (sulfide) groups is 1. The zero-order chi connectivity index (χ0) is 13.7. The highest BCUT2D eigenvalue weighted by atomic mass is 32.2. The van der Waals surface area contributed by atoms with E-state index >= 15 is 0 Å². The largest absolute Gasteiger partial charge is 0.366 e. The Bertz CT molecular complexity index is 567. The fraction of sp³-hybridized carbons (Fsp3) is 0.188. The molecule has 0 spiro atoms. The Labute approximate surface area is 118 Å². The minimum Gasteiger partial charge on any atom is -0.366 e. The second-order valence-electron chi connectivity index (χ2n) is 4.35. The molecule has 0 heterocycles. The van der Waals surface area contributed by atoms with Gasteiger partial charge in [-0.05, 0) is 43.0 Å². The Morgan fingerprint density at radius 1 is 1.05 bits per heavy atom. The lowest BCUT2D eigenvalue weighted by molar-refractivity contribution is 0.994. The van der Waals surface area contributed by atoms with E-state index in [0.29, 0.717) is 0 Å². The molecule has 1 unspecified atom stereocenters. The quantitative estimate of drug-likeness (QED) is 0.835. The minimum absolute atomic E-state index is 0.321. The Hall–Kier alpha value is -1.92. The van der Waals surface area contributed by atoms with Crippen molar-refractivity contribution >= 4 is 17.4 Å². The van der Waals surface area contributed by atoms with E-state index in [4.69, 9.17) is 0 Å². The van der Waals surface area contributed by atoms with Gasteiger partial charge < -0.3 is 5.32 Å². The van der Waals surface area contributed by atoms with Crippen molar-refractivity contribution < 1.29 is 0 Å². The maximum atomic E-state index is 9.30. The normalized spacial score (nSPS) is 11.6. The van der Waals surface area contributed by atoms with E-state index < -0.39 is 0 Å². The molecule has 2 aromatic rings. The molecule has 0 aromatic heterocycles. The van der Waals surface area contributed by atoms with Crippen LogP contribution in [0.4, 0.5) is 5.69 Å². The van der Waals surface area contributed by atoms with Crippen molar-refractivity contribution in [3.05, 3.63) is 59.7 Å². The van der Waals surface area contributed by atoms with Crippen LogP contribution < -0.4 is 5.32 Å². The lowest BCUT2D eigenvalue weighted by Crippen LogP contribution is -2.08. The van der Waals surface area contributed by atoms with Crippen LogP contribution in [-0.4, -0.2) is 6.26 Å². The number of hydrogen-bond acceptors (Lipinski definition) is 3. The number of nitrogens with one attached hydrogen (secondary N) is 1. The van der Waals surface area contributed by atoms with Gasteiger partial charge in [0.05, 0.1) is 6.07 Å². The summed E-state index contributed by atoms with van der Waals surface area (Å²) in [4.78, 5) is 1.20. The molecule has 0 aliphatic carbocycles. The predicted molar refractivity (Wildman–Crippen MR) is 81.4 cm³/mol. The summed E-state index contributed by atoms with van der Waals surface area (Å²) in [6.07, 6.45) is 2.04. The molecule has 0 saturated heterocycles. The van der Waals surface area contributed by atoms with Crippen LogP contribution in [0.5, 0.6) is 0 Å². The third-order valence-electron chi connectivity index (χ3n) is 2.94. The van der Waals surface area contributed by atoms with Crippen LogP contribution in [0.3, 0.4) is 0 Å². The molecular weight excluding hydrogens is 252 g/mol. The van der Waals surface area contributed by atoms with Gasteiger partial charge in [0.1, 0.15) is 6.04 Å². The van der Waals surface area contributed by atoms with E-state index in [9.17, 15) is 5.26 Å². The van der Waals surface area contributed by atoms with Gasteiger partial charge in [0.25, 0.3) is 0 Å². The van der Waals surface area contributed by atoms with Crippen LogP contribution in [0.25, 0.3) is 0 Å². The Balaban J connectivity index is 2.15. The summed E-state index contributed by atoms with van der Waals surface area (Å²) in [5.74, 6) is 0. The maximum Gasteiger partial charge on any atom is 0.140 e. The zero-order valence-electron chi connectivity index (χ0n) is 11.1. The average molecular weight is 268 g/mol. The summed E-state index contributed by atoms with van der Waals surface area (Å²) in [5.41, 5.74) is 3.16. The van der Waals surface area contributed by atoms with E-state index in [1.54, 1.807) is 11.8 Å². The fourth-order valence-corrected chi connectivity index (χ4v) is 2.21. The van der Waals surface area contributed by atoms with E-state index in [2.05, 4.69) is 11.4 Å². The van der Waals surface area contributed by atoms with Crippen molar-refractivity contribution in [3.63, 3.8) is 0 Å². The Morgan fingerprint density at radius 3 is 2.21 bits per heavy atom. The van der Waals surface area contributed by atoms with Crippen LogP contribution in [-0.2, 0) is 0 Å². The number of rotatable bonds is 4. The fourth-order valence-electron chi connectivity index (χ4n) is 1.80. The molecule has 0 bridgehead atoms. The first-order chi connectivity index (χ1) is 9.22. The van der Waals surface area contributed by atoms with Crippen LogP contribution in [0, 0.1) is 18.3 Å². The molecule has 1 atom stereocenters. The summed E-state index contributed by atoms with van der Waals surface area (Å²) < 4.78 is 0. The number of anilines is 1. The highest BCUT2D eigenvalue weighted by Crippen LogP contribution is 2.22. The van der Waals surface area contributed by atoms with Crippen molar-refractivity contribution in [1.29, 1.82) is 5.26 Å². The summed E-state index contributed by atoms with van der Waals surface area (Å²) in [6.45, 7) is 2.05. The smallest absolute Gasteiger partial charge is 0.140 e. The van der Waals surface area contributed by atoms with Gasteiger partial charge in [0.15, 0.2) is 0 Å². The molecule has 96 valence electrons. The van der Waals surface area contributed by atoms with Crippen LogP contribution in [0.1, 0.15) is 17.2 Å². The first-order valence-corrected chi connectivity index (χ1v) is 7.32. The Morgan fingerprint density at radius 2 is 1.68 bits per heavy atom. The molecule has 0 aliphatic rings. The van der Waals surface area contributed by atoms with Crippen molar-refractivity contribution in [2.45, 2.75) is 17.9 Å².